The molecule has 0 saturated carbocycles. The van der Waals surface area contributed by atoms with Gasteiger partial charge in [0.05, 0.1) is 0 Å². The first-order chi connectivity index (χ1) is 10.2. The molecule has 1 fully saturated rings. The predicted octanol–water partition coefficient (Wildman–Crippen LogP) is 3.09. The number of aryl methyl sites for hydroxylation is 3. The summed E-state index contributed by atoms with van der Waals surface area (Å²) in [7, 11) is 0. The van der Waals surface area contributed by atoms with E-state index in [0.717, 1.165) is 36.7 Å². The minimum atomic E-state index is 0.570. The molecule has 0 unspecified atom stereocenters. The van der Waals surface area contributed by atoms with Gasteiger partial charge in [0, 0.05) is 36.2 Å². The van der Waals surface area contributed by atoms with Crippen LogP contribution in [0, 0.1) is 13.8 Å². The van der Waals surface area contributed by atoms with Gasteiger partial charge in [0.1, 0.15) is 11.6 Å². The summed E-state index contributed by atoms with van der Waals surface area (Å²) in [4.78, 5) is 15.9. The predicted molar refractivity (Wildman–Crippen MR) is 84.4 cm³/mol. The van der Waals surface area contributed by atoms with Crippen LogP contribution in [0.4, 0.5) is 5.82 Å². The van der Waals surface area contributed by atoms with Crippen molar-refractivity contribution in [2.45, 2.75) is 45.6 Å². The van der Waals surface area contributed by atoms with Crippen molar-refractivity contribution >= 4 is 5.82 Å². The topological polar surface area (TPSA) is 41.9 Å². The van der Waals surface area contributed by atoms with Crippen LogP contribution in [0.2, 0.25) is 0 Å². The number of aromatic nitrogens is 3. The van der Waals surface area contributed by atoms with Crippen LogP contribution >= 0.6 is 0 Å². The van der Waals surface area contributed by atoms with Gasteiger partial charge in [0.2, 0.25) is 0 Å². The van der Waals surface area contributed by atoms with E-state index in [-0.39, 0.29) is 0 Å². The molecule has 1 aliphatic rings. The zero-order valence-electron chi connectivity index (χ0n) is 12.8. The molecule has 3 heterocycles. The molecule has 4 heteroatoms. The van der Waals surface area contributed by atoms with E-state index < -0.39 is 0 Å². The number of nitrogens with zero attached hydrogens (tertiary/aromatic N) is 4. The summed E-state index contributed by atoms with van der Waals surface area (Å²) in [6.07, 6.45) is 6.53. The molecule has 21 heavy (non-hydrogen) atoms. The summed E-state index contributed by atoms with van der Waals surface area (Å²) in [6.45, 7) is 5.11. The van der Waals surface area contributed by atoms with Gasteiger partial charge in [-0.15, -0.1) is 0 Å². The highest BCUT2D eigenvalue weighted by Gasteiger charge is 2.25. The summed E-state index contributed by atoms with van der Waals surface area (Å²) < 4.78 is 0. The largest absolute Gasteiger partial charge is 0.354 e. The van der Waals surface area contributed by atoms with Crippen molar-refractivity contribution in [3.8, 4) is 0 Å². The number of anilines is 1. The van der Waals surface area contributed by atoms with Crippen LogP contribution in [0.15, 0.2) is 30.5 Å². The van der Waals surface area contributed by atoms with Crippen molar-refractivity contribution in [2.24, 2.45) is 0 Å². The van der Waals surface area contributed by atoms with E-state index in [1.807, 2.05) is 26.1 Å². The van der Waals surface area contributed by atoms with E-state index >= 15 is 0 Å². The smallest absolute Gasteiger partial charge is 0.132 e. The first kappa shape index (κ1) is 14.0. The van der Waals surface area contributed by atoms with Gasteiger partial charge in [-0.1, -0.05) is 6.07 Å². The highest BCUT2D eigenvalue weighted by molar-refractivity contribution is 5.42. The molecule has 0 aliphatic carbocycles. The van der Waals surface area contributed by atoms with Crippen LogP contribution in [0.25, 0.3) is 0 Å². The van der Waals surface area contributed by atoms with E-state index in [1.54, 1.807) is 0 Å². The van der Waals surface area contributed by atoms with Crippen molar-refractivity contribution < 1.29 is 0 Å². The molecule has 110 valence electrons. The summed E-state index contributed by atoms with van der Waals surface area (Å²) in [5.74, 6) is 1.95. The molecule has 0 amide bonds. The maximum absolute atomic E-state index is 4.62. The molecular weight excluding hydrogens is 260 g/mol. The second-order valence-corrected chi connectivity index (χ2v) is 5.76. The first-order valence-electron chi connectivity index (χ1n) is 7.71. The van der Waals surface area contributed by atoms with E-state index in [2.05, 4.69) is 38.1 Å². The molecule has 0 radical (unpaired) electrons. The fraction of sp³-hybridized carbons (Fsp3) is 0.471. The Bertz CT molecular complexity index is 577. The summed E-state index contributed by atoms with van der Waals surface area (Å²) in [5.41, 5.74) is 2.23. The van der Waals surface area contributed by atoms with E-state index in [0.29, 0.717) is 6.04 Å². The minimum absolute atomic E-state index is 0.570. The fourth-order valence-electron chi connectivity index (χ4n) is 3.14. The van der Waals surface area contributed by atoms with Crippen molar-refractivity contribution in [1.82, 2.24) is 15.0 Å². The normalized spacial score (nSPS) is 18.2. The van der Waals surface area contributed by atoms with Gasteiger partial charge in [-0.25, -0.2) is 9.97 Å². The molecule has 1 saturated heterocycles. The highest BCUT2D eigenvalue weighted by atomic mass is 15.2. The zero-order valence-corrected chi connectivity index (χ0v) is 12.8. The summed E-state index contributed by atoms with van der Waals surface area (Å²) in [6, 6.07) is 8.81. The number of pyridine rings is 1. The number of rotatable bonds is 4. The highest BCUT2D eigenvalue weighted by Crippen LogP contribution is 2.27. The number of hydrogen-bond donors (Lipinski definition) is 0. The number of hydrogen-bond acceptors (Lipinski definition) is 4. The molecule has 0 spiro atoms. The molecular formula is C17H22N4. The fourth-order valence-corrected chi connectivity index (χ4v) is 3.14. The van der Waals surface area contributed by atoms with Crippen molar-refractivity contribution in [3.63, 3.8) is 0 Å². The van der Waals surface area contributed by atoms with Crippen LogP contribution < -0.4 is 4.90 Å². The summed E-state index contributed by atoms with van der Waals surface area (Å²) in [5, 5.41) is 0. The molecule has 2 aromatic heterocycles. The van der Waals surface area contributed by atoms with Crippen molar-refractivity contribution in [3.05, 3.63) is 47.7 Å². The summed E-state index contributed by atoms with van der Waals surface area (Å²) >= 11 is 0. The Morgan fingerprint density at radius 2 is 2.14 bits per heavy atom. The molecule has 0 bridgehead atoms. The molecule has 0 N–H and O–H groups in total. The van der Waals surface area contributed by atoms with Gasteiger partial charge < -0.3 is 4.90 Å². The van der Waals surface area contributed by atoms with Gasteiger partial charge in [-0.3, -0.25) is 4.98 Å². The molecule has 4 nitrogen and oxygen atoms in total. The van der Waals surface area contributed by atoms with Crippen LogP contribution in [0.1, 0.15) is 36.5 Å². The molecule has 1 atom stereocenters. The van der Waals surface area contributed by atoms with Crippen LogP contribution in [0.3, 0.4) is 0 Å². The third-order valence-corrected chi connectivity index (χ3v) is 4.08. The monoisotopic (exact) mass is 282 g/mol. The quantitative estimate of drug-likeness (QED) is 0.864. The Balaban J connectivity index is 1.70. The van der Waals surface area contributed by atoms with Gasteiger partial charge in [-0.2, -0.15) is 0 Å². The second-order valence-electron chi connectivity index (χ2n) is 5.76. The average Bonchev–Trinajstić information content (AvgIpc) is 2.93. The maximum Gasteiger partial charge on any atom is 0.132 e. The van der Waals surface area contributed by atoms with Gasteiger partial charge in [-0.05, 0) is 51.7 Å². The molecule has 3 rings (SSSR count). The first-order valence-corrected chi connectivity index (χ1v) is 7.71. The lowest BCUT2D eigenvalue weighted by atomic mass is 10.1. The Morgan fingerprint density at radius 1 is 1.24 bits per heavy atom. The molecule has 1 aliphatic heterocycles. The van der Waals surface area contributed by atoms with Gasteiger partial charge in [0.25, 0.3) is 0 Å². The third-order valence-electron chi connectivity index (χ3n) is 4.08. The third kappa shape index (κ3) is 3.38. The zero-order chi connectivity index (χ0) is 14.7. The van der Waals surface area contributed by atoms with Crippen LogP contribution in [-0.4, -0.2) is 27.5 Å². The maximum atomic E-state index is 4.62. The van der Waals surface area contributed by atoms with E-state index in [9.17, 15) is 0 Å². The Hall–Kier alpha value is -1.97. The Morgan fingerprint density at radius 3 is 2.90 bits per heavy atom. The standard InChI is InChI=1S/C17H22N4/c1-13-12-17(20-14(2)19-13)21-11-5-7-16(21)9-8-15-6-3-4-10-18-15/h3-4,6,10,12,16H,5,7-9,11H2,1-2H3/t16-/m1/s1. The van der Waals surface area contributed by atoms with Gasteiger partial charge in [0.15, 0.2) is 0 Å². The van der Waals surface area contributed by atoms with Crippen molar-refractivity contribution in [1.29, 1.82) is 0 Å². The van der Waals surface area contributed by atoms with E-state index in [1.165, 1.54) is 18.5 Å². The van der Waals surface area contributed by atoms with E-state index in [4.69, 9.17) is 0 Å². The Kier molecular flexibility index (Phi) is 4.13. The lowest BCUT2D eigenvalue weighted by molar-refractivity contribution is 0.600. The van der Waals surface area contributed by atoms with Crippen LogP contribution in [0.5, 0.6) is 0 Å². The van der Waals surface area contributed by atoms with Crippen LogP contribution in [-0.2, 0) is 6.42 Å². The Labute approximate surface area is 126 Å². The second kappa shape index (κ2) is 6.20. The lowest BCUT2D eigenvalue weighted by Crippen LogP contribution is -2.30. The molecule has 0 aromatic carbocycles. The van der Waals surface area contributed by atoms with Crippen molar-refractivity contribution in [2.75, 3.05) is 11.4 Å². The lowest BCUT2D eigenvalue weighted by Gasteiger charge is -2.26. The minimum Gasteiger partial charge on any atom is -0.354 e. The average molecular weight is 282 g/mol. The van der Waals surface area contributed by atoms with Gasteiger partial charge >= 0.3 is 0 Å². The molecule has 2 aromatic rings. The SMILES string of the molecule is Cc1cc(N2CCC[C@@H]2CCc2ccccn2)nc(C)n1.